The summed E-state index contributed by atoms with van der Waals surface area (Å²) in [6.45, 7) is 6.35. The number of allylic oxidation sites excluding steroid dienone is 18. The van der Waals surface area contributed by atoms with Gasteiger partial charge < -0.3 is 20.3 Å². The van der Waals surface area contributed by atoms with E-state index in [2.05, 4.69) is 105 Å². The third-order valence-corrected chi connectivity index (χ3v) is 12.3. The molecule has 0 bridgehead atoms. The Morgan fingerprint density at radius 1 is 0.426 bits per heavy atom. The van der Waals surface area contributed by atoms with Crippen molar-refractivity contribution < 1.29 is 24.5 Å². The number of aliphatic hydroxyl groups is 2. The first-order valence-electron chi connectivity index (χ1n) is 28.2. The van der Waals surface area contributed by atoms with E-state index in [4.69, 9.17) is 4.74 Å². The van der Waals surface area contributed by atoms with Gasteiger partial charge in [-0.3, -0.25) is 9.59 Å². The molecule has 0 aromatic carbocycles. The third-order valence-electron chi connectivity index (χ3n) is 12.3. The van der Waals surface area contributed by atoms with E-state index >= 15 is 0 Å². The molecule has 6 nitrogen and oxygen atoms in total. The summed E-state index contributed by atoms with van der Waals surface area (Å²) in [6.07, 6.45) is 74.2. The van der Waals surface area contributed by atoms with Gasteiger partial charge in [0.25, 0.3) is 0 Å². The van der Waals surface area contributed by atoms with Crippen LogP contribution in [0.15, 0.2) is 109 Å². The van der Waals surface area contributed by atoms with E-state index in [1.54, 1.807) is 0 Å². The quantitative estimate of drug-likeness (QED) is 0.0321. The maximum absolute atomic E-state index is 13.3. The number of aliphatic hydroxyl groups excluding tert-OH is 2. The molecule has 0 aromatic rings. The number of carbonyl (C=O) groups excluding carboxylic acids is 2. The molecule has 0 spiro atoms. The molecule has 0 rings (SSSR count). The van der Waals surface area contributed by atoms with Crippen molar-refractivity contribution >= 4 is 11.9 Å². The highest BCUT2D eigenvalue weighted by molar-refractivity contribution is 5.77. The Hall–Kier alpha value is -3.48. The standard InChI is InChI=1S/C62H105NO5/c1-4-7-10-13-16-19-22-25-28-30-31-34-37-40-43-46-49-52-55-62(67)68-58(53-50-47-44-41-38-35-33-29-26-23-20-17-14-11-8-5-2)56-61(66)63-59(57-64)60(65)54-51-48-45-42-39-36-32-27-24-21-18-15-12-9-6-3/h10,13,16-17,19-20,22-23,25-26,28-31,33-35,38,58-60,64-65H,4-9,11-12,14-15,18,21,24,27,32,36-37,39-57H2,1-3H3,(H,63,66)/b13-10+,19-16+,20-17+,25-22+,26-23+,30-28+,33-29+,34-31+,38-35+. The molecule has 6 heteroatoms. The Bertz CT molecular complexity index is 1380. The van der Waals surface area contributed by atoms with Crippen molar-refractivity contribution in [2.24, 2.45) is 0 Å². The number of hydrogen-bond acceptors (Lipinski definition) is 5. The normalized spacial score (nSPS) is 14.0. The molecule has 1 amide bonds. The second kappa shape index (κ2) is 54.5. The van der Waals surface area contributed by atoms with Gasteiger partial charge in [0, 0.05) is 6.42 Å². The lowest BCUT2D eigenvalue weighted by molar-refractivity contribution is -0.151. The lowest BCUT2D eigenvalue weighted by Gasteiger charge is -2.24. The molecule has 68 heavy (non-hydrogen) atoms. The minimum absolute atomic E-state index is 0.0346. The highest BCUT2D eigenvalue weighted by Crippen LogP contribution is 2.17. The molecule has 0 fully saturated rings. The summed E-state index contributed by atoms with van der Waals surface area (Å²) in [5.41, 5.74) is 0. The zero-order valence-corrected chi connectivity index (χ0v) is 44.2. The molecule has 0 aliphatic carbocycles. The summed E-state index contributed by atoms with van der Waals surface area (Å²) in [5.74, 6) is -0.546. The van der Waals surface area contributed by atoms with Crippen LogP contribution in [-0.4, -0.2) is 46.9 Å². The van der Waals surface area contributed by atoms with Crippen molar-refractivity contribution in [3.63, 3.8) is 0 Å². The van der Waals surface area contributed by atoms with Gasteiger partial charge in [-0.25, -0.2) is 0 Å². The molecule has 0 saturated heterocycles. The van der Waals surface area contributed by atoms with Gasteiger partial charge in [-0.05, 0) is 70.6 Å². The summed E-state index contributed by atoms with van der Waals surface area (Å²) in [5, 5.41) is 23.9. The summed E-state index contributed by atoms with van der Waals surface area (Å²) in [4.78, 5) is 26.3. The van der Waals surface area contributed by atoms with E-state index in [9.17, 15) is 19.8 Å². The van der Waals surface area contributed by atoms with Gasteiger partial charge >= 0.3 is 5.97 Å². The molecule has 0 heterocycles. The lowest BCUT2D eigenvalue weighted by atomic mass is 10.0. The van der Waals surface area contributed by atoms with Crippen molar-refractivity contribution in [1.29, 1.82) is 0 Å². The van der Waals surface area contributed by atoms with Crippen molar-refractivity contribution in [2.75, 3.05) is 6.61 Å². The lowest BCUT2D eigenvalue weighted by Crippen LogP contribution is -2.46. The van der Waals surface area contributed by atoms with Crippen LogP contribution >= 0.6 is 0 Å². The fourth-order valence-electron chi connectivity index (χ4n) is 8.00. The van der Waals surface area contributed by atoms with E-state index in [-0.39, 0.29) is 24.9 Å². The molecular formula is C62H105NO5. The fourth-order valence-corrected chi connectivity index (χ4v) is 8.00. The van der Waals surface area contributed by atoms with Crippen LogP contribution in [0.2, 0.25) is 0 Å². The summed E-state index contributed by atoms with van der Waals surface area (Å²) in [7, 11) is 0. The Morgan fingerprint density at radius 2 is 0.779 bits per heavy atom. The maximum atomic E-state index is 13.3. The van der Waals surface area contributed by atoms with Crippen LogP contribution < -0.4 is 5.32 Å². The minimum atomic E-state index is -0.811. The van der Waals surface area contributed by atoms with Crippen LogP contribution in [0.1, 0.15) is 245 Å². The number of hydrogen-bond donors (Lipinski definition) is 3. The number of rotatable bonds is 49. The Morgan fingerprint density at radius 3 is 1.24 bits per heavy atom. The van der Waals surface area contributed by atoms with E-state index in [0.717, 1.165) is 96.3 Å². The smallest absolute Gasteiger partial charge is 0.306 e. The summed E-state index contributed by atoms with van der Waals surface area (Å²) < 4.78 is 5.93. The molecule has 3 unspecified atom stereocenters. The predicted molar refractivity (Wildman–Crippen MR) is 296 cm³/mol. The molecule has 3 atom stereocenters. The van der Waals surface area contributed by atoms with Crippen LogP contribution in [0.5, 0.6) is 0 Å². The molecule has 0 aliphatic rings. The number of amides is 1. The van der Waals surface area contributed by atoms with Crippen LogP contribution in [-0.2, 0) is 14.3 Å². The average molecular weight is 945 g/mol. The van der Waals surface area contributed by atoms with Gasteiger partial charge in [-0.2, -0.15) is 0 Å². The largest absolute Gasteiger partial charge is 0.462 e. The van der Waals surface area contributed by atoms with Gasteiger partial charge in [0.1, 0.15) is 6.10 Å². The van der Waals surface area contributed by atoms with E-state index < -0.39 is 18.2 Å². The van der Waals surface area contributed by atoms with Crippen LogP contribution in [0.4, 0.5) is 0 Å². The second-order valence-corrected chi connectivity index (χ2v) is 18.8. The van der Waals surface area contributed by atoms with Gasteiger partial charge in [-0.1, -0.05) is 271 Å². The molecule has 3 N–H and O–H groups in total. The number of ether oxygens (including phenoxy) is 1. The van der Waals surface area contributed by atoms with Crippen LogP contribution in [0.3, 0.4) is 0 Å². The van der Waals surface area contributed by atoms with E-state index in [0.29, 0.717) is 19.3 Å². The Balaban J connectivity index is 4.73. The van der Waals surface area contributed by atoms with Gasteiger partial charge in [0.15, 0.2) is 0 Å². The highest BCUT2D eigenvalue weighted by atomic mass is 16.5. The van der Waals surface area contributed by atoms with Crippen molar-refractivity contribution in [3.05, 3.63) is 109 Å². The van der Waals surface area contributed by atoms with Crippen molar-refractivity contribution in [3.8, 4) is 0 Å². The maximum Gasteiger partial charge on any atom is 0.306 e. The minimum Gasteiger partial charge on any atom is -0.462 e. The first kappa shape index (κ1) is 64.5. The molecule has 0 radical (unpaired) electrons. The molecule has 0 saturated carbocycles. The number of esters is 1. The number of carbonyl (C=O) groups is 2. The second-order valence-electron chi connectivity index (χ2n) is 18.8. The third kappa shape index (κ3) is 49.0. The number of unbranched alkanes of at least 4 members (excludes halogenated alkanes) is 26. The van der Waals surface area contributed by atoms with Crippen LogP contribution in [0.25, 0.3) is 0 Å². The first-order valence-corrected chi connectivity index (χ1v) is 28.2. The van der Waals surface area contributed by atoms with Gasteiger partial charge in [-0.15, -0.1) is 0 Å². The fraction of sp³-hybridized carbons (Fsp3) is 0.677. The topological polar surface area (TPSA) is 95.9 Å². The first-order chi connectivity index (χ1) is 33.5. The molecular weight excluding hydrogens is 839 g/mol. The molecule has 0 aliphatic heterocycles. The summed E-state index contributed by atoms with van der Waals surface area (Å²) in [6, 6.07) is -0.728. The number of nitrogens with one attached hydrogen (secondary N) is 1. The van der Waals surface area contributed by atoms with E-state index in [1.165, 1.54) is 103 Å². The predicted octanol–water partition coefficient (Wildman–Crippen LogP) is 17.5. The Labute approximate surface area is 419 Å². The zero-order valence-electron chi connectivity index (χ0n) is 44.2. The summed E-state index contributed by atoms with van der Waals surface area (Å²) >= 11 is 0. The van der Waals surface area contributed by atoms with Crippen LogP contribution in [0, 0.1) is 0 Å². The SMILES string of the molecule is CCC/C=C/C=C/C=C/C=C/C=C/CCCCCCCC(=O)OC(CCCCC/C=C/C=C/C=C/C=C/CCCCC)CC(=O)NC(CO)C(O)CCCCCCCCCCCCCCCCC. The molecule has 388 valence electrons. The van der Waals surface area contributed by atoms with Crippen molar-refractivity contribution in [2.45, 2.75) is 264 Å². The molecule has 0 aromatic heterocycles. The zero-order chi connectivity index (χ0) is 49.5. The van der Waals surface area contributed by atoms with Gasteiger partial charge in [0.2, 0.25) is 5.91 Å². The highest BCUT2D eigenvalue weighted by Gasteiger charge is 2.24. The Kier molecular flexibility index (Phi) is 51.7. The van der Waals surface area contributed by atoms with Crippen molar-refractivity contribution in [1.82, 2.24) is 5.32 Å². The monoisotopic (exact) mass is 944 g/mol. The average Bonchev–Trinajstić information content (AvgIpc) is 3.33. The van der Waals surface area contributed by atoms with E-state index in [1.807, 2.05) is 30.4 Å². The van der Waals surface area contributed by atoms with Gasteiger partial charge in [0.05, 0.1) is 25.2 Å².